The van der Waals surface area contributed by atoms with Crippen molar-refractivity contribution in [3.05, 3.63) is 46.6 Å². The number of nitrogens with zero attached hydrogens (tertiary/aromatic N) is 3. The van der Waals surface area contributed by atoms with Crippen LogP contribution >= 0.6 is 0 Å². The van der Waals surface area contributed by atoms with Gasteiger partial charge in [0, 0.05) is 24.5 Å². The highest BCUT2D eigenvalue weighted by Crippen LogP contribution is 2.26. The smallest absolute Gasteiger partial charge is 0.259 e. The minimum absolute atomic E-state index is 0.0645. The Morgan fingerprint density at radius 2 is 2.22 bits per heavy atom. The highest BCUT2D eigenvalue weighted by Gasteiger charge is 2.32. The Balaban J connectivity index is 1.69. The van der Waals surface area contributed by atoms with Gasteiger partial charge >= 0.3 is 0 Å². The molecule has 2 aromatic rings. The highest BCUT2D eigenvalue weighted by molar-refractivity contribution is 5.96. The summed E-state index contributed by atoms with van der Waals surface area (Å²) in [5.74, 6) is 0.678. The lowest BCUT2D eigenvalue weighted by molar-refractivity contribution is 0.0728. The Kier molecular flexibility index (Phi) is 4.46. The predicted octanol–water partition coefficient (Wildman–Crippen LogP) is 3.23. The van der Waals surface area contributed by atoms with Crippen LogP contribution in [-0.4, -0.2) is 33.5 Å². The van der Waals surface area contributed by atoms with Gasteiger partial charge in [0.2, 0.25) is 0 Å². The van der Waals surface area contributed by atoms with Gasteiger partial charge in [0.1, 0.15) is 11.3 Å². The molecule has 0 aromatic carbocycles. The number of pyridine rings is 1. The van der Waals surface area contributed by atoms with Crippen LogP contribution in [0.25, 0.3) is 0 Å². The van der Waals surface area contributed by atoms with E-state index in [0.29, 0.717) is 23.1 Å². The third-order valence-corrected chi connectivity index (χ3v) is 4.61. The van der Waals surface area contributed by atoms with Crippen LogP contribution in [0, 0.1) is 20.8 Å². The molecule has 3 heterocycles. The van der Waals surface area contributed by atoms with Crippen molar-refractivity contribution in [2.24, 2.45) is 0 Å². The quantitative estimate of drug-likeness (QED) is 0.869. The number of carbonyl (C=O) groups excluding carboxylic acids is 1. The molecule has 1 atom stereocenters. The lowest BCUT2D eigenvalue weighted by Crippen LogP contribution is -2.36. The van der Waals surface area contributed by atoms with Gasteiger partial charge in [-0.2, -0.15) is 0 Å². The van der Waals surface area contributed by atoms with Crippen LogP contribution in [0.3, 0.4) is 0 Å². The van der Waals surface area contributed by atoms with E-state index in [0.717, 1.165) is 37.9 Å². The number of aromatic nitrogens is 2. The first-order valence-corrected chi connectivity index (χ1v) is 8.21. The average molecular weight is 313 g/mol. The van der Waals surface area contributed by atoms with Gasteiger partial charge in [-0.05, 0) is 64.2 Å². The summed E-state index contributed by atoms with van der Waals surface area (Å²) in [6, 6.07) is 4.47. The van der Waals surface area contributed by atoms with Crippen molar-refractivity contribution in [2.75, 3.05) is 6.54 Å². The maximum absolute atomic E-state index is 12.8. The molecule has 0 aliphatic carbocycles. The number of hydrogen-bond acceptors (Lipinski definition) is 4. The van der Waals surface area contributed by atoms with Crippen LogP contribution < -0.4 is 0 Å². The van der Waals surface area contributed by atoms with Gasteiger partial charge in [-0.3, -0.25) is 9.78 Å². The topological polar surface area (TPSA) is 59.2 Å². The summed E-state index contributed by atoms with van der Waals surface area (Å²) in [6.07, 6.45) is 5.94. The molecule has 1 fully saturated rings. The summed E-state index contributed by atoms with van der Waals surface area (Å²) in [4.78, 5) is 19.1. The summed E-state index contributed by atoms with van der Waals surface area (Å²) >= 11 is 0. The van der Waals surface area contributed by atoms with E-state index in [1.165, 1.54) is 5.56 Å². The molecule has 5 heteroatoms. The van der Waals surface area contributed by atoms with Crippen LogP contribution in [0.4, 0.5) is 0 Å². The first kappa shape index (κ1) is 15.7. The molecule has 2 aromatic heterocycles. The standard InChI is InChI=1S/C18H23N3O2/c1-12-11-15(8-9-19-12)6-7-16-5-4-10-21(16)18(22)17-13(2)20-23-14(17)3/h8-9,11,16H,4-7,10H2,1-3H3/t16-/m1/s1. The molecule has 1 saturated heterocycles. The third-order valence-electron chi connectivity index (χ3n) is 4.61. The van der Waals surface area contributed by atoms with Crippen molar-refractivity contribution >= 4 is 5.91 Å². The van der Waals surface area contributed by atoms with Crippen molar-refractivity contribution in [1.82, 2.24) is 15.0 Å². The number of amides is 1. The van der Waals surface area contributed by atoms with Crippen molar-refractivity contribution in [2.45, 2.75) is 52.5 Å². The second-order valence-corrected chi connectivity index (χ2v) is 6.34. The molecule has 122 valence electrons. The molecule has 1 amide bonds. The molecule has 1 aliphatic heterocycles. The van der Waals surface area contributed by atoms with E-state index >= 15 is 0 Å². The van der Waals surface area contributed by atoms with E-state index in [1.807, 2.05) is 24.9 Å². The molecular weight excluding hydrogens is 290 g/mol. The number of carbonyl (C=O) groups is 1. The molecule has 0 radical (unpaired) electrons. The Bertz CT molecular complexity index is 689. The summed E-state index contributed by atoms with van der Waals surface area (Å²) in [7, 11) is 0. The normalized spacial score (nSPS) is 17.7. The first-order chi connectivity index (χ1) is 11.1. The van der Waals surface area contributed by atoms with Gasteiger partial charge in [-0.1, -0.05) is 5.16 Å². The number of likely N-dealkylation sites (tertiary alicyclic amines) is 1. The van der Waals surface area contributed by atoms with Gasteiger partial charge in [-0.25, -0.2) is 0 Å². The summed E-state index contributed by atoms with van der Waals surface area (Å²) in [5.41, 5.74) is 3.64. The largest absolute Gasteiger partial charge is 0.361 e. The molecule has 0 unspecified atom stereocenters. The van der Waals surface area contributed by atoms with E-state index in [-0.39, 0.29) is 5.91 Å². The maximum atomic E-state index is 12.8. The zero-order valence-corrected chi connectivity index (χ0v) is 14.0. The van der Waals surface area contributed by atoms with E-state index in [2.05, 4.69) is 22.3 Å². The second-order valence-electron chi connectivity index (χ2n) is 6.34. The lowest BCUT2D eigenvalue weighted by Gasteiger charge is -2.24. The fourth-order valence-electron chi connectivity index (χ4n) is 3.43. The van der Waals surface area contributed by atoms with Crippen LogP contribution in [0.15, 0.2) is 22.9 Å². The zero-order valence-electron chi connectivity index (χ0n) is 14.0. The fraction of sp³-hybridized carbons (Fsp3) is 0.500. The molecule has 0 N–H and O–H groups in total. The van der Waals surface area contributed by atoms with E-state index < -0.39 is 0 Å². The van der Waals surface area contributed by atoms with Gasteiger partial charge in [0.15, 0.2) is 0 Å². The summed E-state index contributed by atoms with van der Waals surface area (Å²) < 4.78 is 5.15. The lowest BCUT2D eigenvalue weighted by atomic mass is 10.0. The Morgan fingerprint density at radius 1 is 1.39 bits per heavy atom. The van der Waals surface area contributed by atoms with Crippen LogP contribution in [-0.2, 0) is 6.42 Å². The van der Waals surface area contributed by atoms with Gasteiger partial charge < -0.3 is 9.42 Å². The third kappa shape index (κ3) is 3.28. The molecular formula is C18H23N3O2. The minimum atomic E-state index is 0.0645. The summed E-state index contributed by atoms with van der Waals surface area (Å²) in [6.45, 7) is 6.46. The summed E-state index contributed by atoms with van der Waals surface area (Å²) in [5, 5.41) is 3.91. The molecule has 5 nitrogen and oxygen atoms in total. The zero-order chi connectivity index (χ0) is 16.4. The molecule has 23 heavy (non-hydrogen) atoms. The average Bonchev–Trinajstić information content (AvgIpc) is 3.12. The SMILES string of the molecule is Cc1cc(CC[C@H]2CCCN2C(=O)c2c(C)noc2C)ccn1. The van der Waals surface area contributed by atoms with Crippen molar-refractivity contribution in [3.8, 4) is 0 Å². The predicted molar refractivity (Wildman–Crippen MR) is 87.3 cm³/mol. The van der Waals surface area contributed by atoms with Crippen molar-refractivity contribution in [3.63, 3.8) is 0 Å². The number of aryl methyl sites for hydroxylation is 4. The molecule has 0 bridgehead atoms. The molecule has 1 aliphatic rings. The molecule has 0 saturated carbocycles. The van der Waals surface area contributed by atoms with Crippen LogP contribution in [0.5, 0.6) is 0 Å². The monoisotopic (exact) mass is 313 g/mol. The molecule has 3 rings (SSSR count). The van der Waals surface area contributed by atoms with E-state index in [4.69, 9.17) is 4.52 Å². The van der Waals surface area contributed by atoms with Crippen LogP contribution in [0.1, 0.15) is 52.3 Å². The molecule has 0 spiro atoms. The van der Waals surface area contributed by atoms with Crippen LogP contribution in [0.2, 0.25) is 0 Å². The maximum Gasteiger partial charge on any atom is 0.259 e. The number of hydrogen-bond donors (Lipinski definition) is 0. The minimum Gasteiger partial charge on any atom is -0.361 e. The highest BCUT2D eigenvalue weighted by atomic mass is 16.5. The van der Waals surface area contributed by atoms with Crippen molar-refractivity contribution in [1.29, 1.82) is 0 Å². The Labute approximate surface area is 136 Å². The van der Waals surface area contributed by atoms with E-state index in [9.17, 15) is 4.79 Å². The number of rotatable bonds is 4. The Hall–Kier alpha value is -2.17. The Morgan fingerprint density at radius 3 is 2.91 bits per heavy atom. The first-order valence-electron chi connectivity index (χ1n) is 8.21. The fourth-order valence-corrected chi connectivity index (χ4v) is 3.43. The van der Waals surface area contributed by atoms with Crippen molar-refractivity contribution < 1.29 is 9.32 Å². The van der Waals surface area contributed by atoms with Gasteiger partial charge in [0.05, 0.1) is 5.69 Å². The second kappa shape index (κ2) is 6.52. The van der Waals surface area contributed by atoms with Gasteiger partial charge in [0.25, 0.3) is 5.91 Å². The van der Waals surface area contributed by atoms with Gasteiger partial charge in [-0.15, -0.1) is 0 Å². The van der Waals surface area contributed by atoms with E-state index in [1.54, 1.807) is 6.92 Å².